The van der Waals surface area contributed by atoms with E-state index in [1.165, 1.54) is 19.3 Å². The summed E-state index contributed by atoms with van der Waals surface area (Å²) in [5, 5.41) is 6.79. The molecule has 6 nitrogen and oxygen atoms in total. The maximum atomic E-state index is 5.69. The third-order valence-electron chi connectivity index (χ3n) is 4.73. The zero-order valence-corrected chi connectivity index (χ0v) is 16.4. The van der Waals surface area contributed by atoms with Crippen LogP contribution in [0.2, 0.25) is 0 Å². The van der Waals surface area contributed by atoms with Gasteiger partial charge in [-0.15, -0.1) is 0 Å². The molecule has 1 saturated carbocycles. The van der Waals surface area contributed by atoms with Crippen molar-refractivity contribution >= 4 is 5.96 Å². The minimum atomic E-state index is 0.317. The molecule has 2 fully saturated rings. The number of hydrogen-bond acceptors (Lipinski definition) is 4. The van der Waals surface area contributed by atoms with E-state index >= 15 is 0 Å². The summed E-state index contributed by atoms with van der Waals surface area (Å²) >= 11 is 0. The van der Waals surface area contributed by atoms with Gasteiger partial charge in [0.1, 0.15) is 0 Å². The lowest BCUT2D eigenvalue weighted by molar-refractivity contribution is 0.0171. The molecule has 2 aliphatic rings. The molecule has 25 heavy (non-hydrogen) atoms. The smallest absolute Gasteiger partial charge is 0.191 e. The molecule has 146 valence electrons. The highest BCUT2D eigenvalue weighted by Gasteiger charge is 2.30. The molecule has 1 heterocycles. The Morgan fingerprint density at radius 1 is 1.28 bits per heavy atom. The van der Waals surface area contributed by atoms with Crippen molar-refractivity contribution in [2.45, 2.75) is 71.1 Å². The van der Waals surface area contributed by atoms with Crippen LogP contribution in [-0.2, 0) is 9.47 Å². The van der Waals surface area contributed by atoms with Crippen LogP contribution in [0.15, 0.2) is 4.99 Å². The molecule has 2 rings (SSSR count). The van der Waals surface area contributed by atoms with Crippen LogP contribution >= 0.6 is 0 Å². The molecule has 1 aliphatic carbocycles. The average Bonchev–Trinajstić information content (AvgIpc) is 3.29. The van der Waals surface area contributed by atoms with Crippen molar-refractivity contribution in [1.29, 1.82) is 0 Å². The largest absolute Gasteiger partial charge is 0.379 e. The zero-order valence-electron chi connectivity index (χ0n) is 16.4. The molecule has 6 heteroatoms. The number of hydrogen-bond donors (Lipinski definition) is 2. The van der Waals surface area contributed by atoms with Crippen molar-refractivity contribution < 1.29 is 9.47 Å². The molecule has 0 bridgehead atoms. The highest BCUT2D eigenvalue weighted by Crippen LogP contribution is 2.27. The van der Waals surface area contributed by atoms with E-state index in [1.54, 1.807) is 0 Å². The molecule has 0 spiro atoms. The zero-order chi connectivity index (χ0) is 17.9. The second-order valence-electron chi connectivity index (χ2n) is 7.31. The summed E-state index contributed by atoms with van der Waals surface area (Å²) in [6, 6.07) is 1.43. The normalized spacial score (nSPS) is 21.3. The first kappa shape index (κ1) is 20.5. The fourth-order valence-electron chi connectivity index (χ4n) is 3.26. The summed E-state index contributed by atoms with van der Waals surface area (Å²) < 4.78 is 11.2. The van der Waals surface area contributed by atoms with E-state index in [-0.39, 0.29) is 0 Å². The van der Waals surface area contributed by atoms with Gasteiger partial charge in [0, 0.05) is 51.5 Å². The minimum absolute atomic E-state index is 0.317. The quantitative estimate of drug-likeness (QED) is 0.319. The predicted molar refractivity (Wildman–Crippen MR) is 103 cm³/mol. The Morgan fingerprint density at radius 2 is 2.12 bits per heavy atom. The van der Waals surface area contributed by atoms with Crippen LogP contribution in [0.5, 0.6) is 0 Å². The second-order valence-corrected chi connectivity index (χ2v) is 7.31. The molecular formula is C19H38N4O2. The molecule has 0 aromatic heterocycles. The van der Waals surface area contributed by atoms with Gasteiger partial charge in [0.15, 0.2) is 5.96 Å². The molecular weight excluding hydrogens is 316 g/mol. The molecule has 1 atom stereocenters. The van der Waals surface area contributed by atoms with Crippen LogP contribution in [0.3, 0.4) is 0 Å². The Balaban J connectivity index is 1.56. The van der Waals surface area contributed by atoms with Crippen molar-refractivity contribution in [1.82, 2.24) is 15.5 Å². The van der Waals surface area contributed by atoms with Gasteiger partial charge in [-0.25, -0.2) is 0 Å². The lowest BCUT2D eigenvalue weighted by Gasteiger charge is -2.26. The van der Waals surface area contributed by atoms with E-state index in [1.807, 2.05) is 0 Å². The van der Waals surface area contributed by atoms with E-state index in [2.05, 4.69) is 41.3 Å². The summed E-state index contributed by atoms with van der Waals surface area (Å²) in [7, 11) is 0. The lowest BCUT2D eigenvalue weighted by Crippen LogP contribution is -2.44. The Bertz CT molecular complexity index is 378. The molecule has 0 aromatic carbocycles. The summed E-state index contributed by atoms with van der Waals surface area (Å²) in [6.07, 6.45) is 6.30. The number of aliphatic imine (C=N–C) groups is 1. The van der Waals surface area contributed by atoms with Crippen molar-refractivity contribution in [3.8, 4) is 0 Å². The van der Waals surface area contributed by atoms with Gasteiger partial charge in [-0.2, -0.15) is 0 Å². The Morgan fingerprint density at radius 3 is 2.76 bits per heavy atom. The van der Waals surface area contributed by atoms with E-state index in [0.29, 0.717) is 12.1 Å². The first-order valence-corrected chi connectivity index (χ1v) is 10.2. The van der Waals surface area contributed by atoms with Gasteiger partial charge in [0.2, 0.25) is 0 Å². The van der Waals surface area contributed by atoms with Crippen LogP contribution in [0, 0.1) is 0 Å². The van der Waals surface area contributed by atoms with Crippen molar-refractivity contribution in [2.24, 2.45) is 4.99 Å². The molecule has 1 saturated heterocycles. The van der Waals surface area contributed by atoms with Gasteiger partial charge in [0.05, 0.1) is 12.7 Å². The van der Waals surface area contributed by atoms with E-state index in [4.69, 9.17) is 9.47 Å². The summed E-state index contributed by atoms with van der Waals surface area (Å²) in [5.41, 5.74) is 0. The van der Waals surface area contributed by atoms with Crippen molar-refractivity contribution in [3.05, 3.63) is 0 Å². The van der Waals surface area contributed by atoms with Gasteiger partial charge in [-0.3, -0.25) is 9.89 Å². The fraction of sp³-hybridized carbons (Fsp3) is 0.947. The molecule has 0 radical (unpaired) electrons. The van der Waals surface area contributed by atoms with Gasteiger partial charge in [-0.1, -0.05) is 0 Å². The first-order chi connectivity index (χ1) is 12.2. The van der Waals surface area contributed by atoms with Crippen LogP contribution in [0.4, 0.5) is 0 Å². The fourth-order valence-corrected chi connectivity index (χ4v) is 3.26. The number of nitrogens with zero attached hydrogens (tertiary/aromatic N) is 2. The van der Waals surface area contributed by atoms with Gasteiger partial charge in [-0.05, 0) is 52.9 Å². The topological polar surface area (TPSA) is 58.1 Å². The van der Waals surface area contributed by atoms with Crippen LogP contribution in [-0.4, -0.2) is 75.0 Å². The highest BCUT2D eigenvalue weighted by atomic mass is 16.5. The van der Waals surface area contributed by atoms with E-state index < -0.39 is 0 Å². The molecule has 2 N–H and O–H groups in total. The van der Waals surface area contributed by atoms with Crippen molar-refractivity contribution in [2.75, 3.05) is 46.0 Å². The minimum Gasteiger partial charge on any atom is -0.379 e. The Kier molecular flexibility index (Phi) is 9.58. The molecule has 0 amide bonds. The highest BCUT2D eigenvalue weighted by molar-refractivity contribution is 5.79. The van der Waals surface area contributed by atoms with Crippen LogP contribution < -0.4 is 10.6 Å². The average molecular weight is 355 g/mol. The summed E-state index contributed by atoms with van der Waals surface area (Å²) in [5.74, 6) is 0.918. The van der Waals surface area contributed by atoms with Crippen LogP contribution in [0.1, 0.15) is 52.9 Å². The maximum Gasteiger partial charge on any atom is 0.191 e. The number of ether oxygens (including phenoxy) is 2. The third kappa shape index (κ3) is 8.38. The van der Waals surface area contributed by atoms with E-state index in [0.717, 1.165) is 70.8 Å². The number of guanidine groups is 1. The Hall–Kier alpha value is -0.850. The number of nitrogens with one attached hydrogen (secondary N) is 2. The molecule has 1 unspecified atom stereocenters. The van der Waals surface area contributed by atoms with Gasteiger partial charge >= 0.3 is 0 Å². The van der Waals surface area contributed by atoms with E-state index in [9.17, 15) is 0 Å². The number of rotatable bonds is 12. The monoisotopic (exact) mass is 354 g/mol. The van der Waals surface area contributed by atoms with Gasteiger partial charge < -0.3 is 20.1 Å². The predicted octanol–water partition coefficient (Wildman–Crippen LogP) is 2.00. The molecule has 0 aromatic rings. The standard InChI is InChI=1S/C19H38N4O2/c1-4-20-19(22-11-12-23(16(2)3)17-8-9-17)21-10-6-13-24-15-18-7-5-14-25-18/h16-18H,4-15H2,1-3H3,(H2,20,21,22). The van der Waals surface area contributed by atoms with Crippen molar-refractivity contribution in [3.63, 3.8) is 0 Å². The summed E-state index contributed by atoms with van der Waals surface area (Å²) in [4.78, 5) is 7.24. The maximum absolute atomic E-state index is 5.69. The van der Waals surface area contributed by atoms with Crippen LogP contribution in [0.25, 0.3) is 0 Å². The SMILES string of the molecule is CCNC(=NCCCOCC1CCCO1)NCCN(C(C)C)C1CC1. The molecule has 1 aliphatic heterocycles. The first-order valence-electron chi connectivity index (χ1n) is 10.2. The lowest BCUT2D eigenvalue weighted by atomic mass is 10.2. The summed E-state index contributed by atoms with van der Waals surface area (Å²) in [6.45, 7) is 12.8. The Labute approximate surface area is 153 Å². The van der Waals surface area contributed by atoms with Gasteiger partial charge in [0.25, 0.3) is 0 Å². The second kappa shape index (κ2) is 11.7. The third-order valence-corrected chi connectivity index (χ3v) is 4.73.